The van der Waals surface area contributed by atoms with Crippen LogP contribution in [0.1, 0.15) is 0 Å². The Morgan fingerprint density at radius 1 is 1.40 bits per heavy atom. The first-order valence-electron chi connectivity index (χ1n) is 0.651. The Morgan fingerprint density at radius 3 is 1.40 bits per heavy atom. The van der Waals surface area contributed by atoms with Crippen LogP contribution in [0.2, 0.25) is 0 Å². The van der Waals surface area contributed by atoms with Crippen LogP contribution in [-0.4, -0.2) is 9.79 Å². The Kier molecular flexibility index (Phi) is 7.34. The van der Waals surface area contributed by atoms with Crippen molar-refractivity contribution in [1.29, 1.82) is 0 Å². The first-order valence-corrected chi connectivity index (χ1v) is 1.95. The first kappa shape index (κ1) is 8.92. The van der Waals surface area contributed by atoms with Crippen molar-refractivity contribution < 1.29 is 14.4 Å². The molecule has 0 aliphatic heterocycles. The minimum atomic E-state index is -3.13. The van der Waals surface area contributed by atoms with Crippen molar-refractivity contribution in [1.82, 2.24) is 6.15 Å². The van der Waals surface area contributed by atoms with Crippen molar-refractivity contribution >= 4 is 8.25 Å². The quantitative estimate of drug-likeness (QED) is 0.374. The second-order valence-electron chi connectivity index (χ2n) is 0.283. The predicted octanol–water partition coefficient (Wildman–Crippen LogP) is -1.12. The Balaban J connectivity index is 0. The molecule has 0 rings (SSSR count). The van der Waals surface area contributed by atoms with E-state index in [1.165, 1.54) is 0 Å². The van der Waals surface area contributed by atoms with Gasteiger partial charge in [0.05, 0.1) is 0 Å². The van der Waals surface area contributed by atoms with Crippen LogP contribution in [0.15, 0.2) is 0 Å². The summed E-state index contributed by atoms with van der Waals surface area (Å²) in [5.41, 5.74) is 0. The molecule has 0 spiro atoms. The van der Waals surface area contributed by atoms with E-state index < -0.39 is 8.25 Å². The van der Waals surface area contributed by atoms with Crippen molar-refractivity contribution in [3.05, 3.63) is 0 Å². The van der Waals surface area contributed by atoms with Gasteiger partial charge in [-0.2, -0.15) is 0 Å². The average molecular weight is 96.0 g/mol. The minimum Gasteiger partial charge on any atom is -0.326 e. The van der Waals surface area contributed by atoms with E-state index in [-0.39, 0.29) is 6.15 Å². The van der Waals surface area contributed by atoms with E-state index in [4.69, 9.17) is 14.4 Å². The zero-order chi connectivity index (χ0) is 3.58. The van der Waals surface area contributed by atoms with Crippen LogP contribution in [0, 0.1) is 0 Å². The fraction of sp³-hybridized carbons (Fsp3) is 0. The SMILES string of the molecule is O=[PH](O)O.[N]. The van der Waals surface area contributed by atoms with Crippen molar-refractivity contribution in [2.45, 2.75) is 0 Å². The molecule has 0 atom stereocenters. The Labute approximate surface area is 30.0 Å². The lowest BCUT2D eigenvalue weighted by Gasteiger charge is -1.61. The van der Waals surface area contributed by atoms with Gasteiger partial charge in [-0.15, -0.1) is 0 Å². The lowest BCUT2D eigenvalue weighted by Crippen LogP contribution is -1.38. The summed E-state index contributed by atoms with van der Waals surface area (Å²) in [6, 6.07) is 0. The average Bonchev–Trinajstić information content (AvgIpc) is 0.811. The van der Waals surface area contributed by atoms with Gasteiger partial charge < -0.3 is 9.79 Å². The highest BCUT2D eigenvalue weighted by Crippen LogP contribution is 1.98. The summed E-state index contributed by atoms with van der Waals surface area (Å²) in [5, 5.41) is 0. The van der Waals surface area contributed by atoms with Gasteiger partial charge in [0.1, 0.15) is 0 Å². The fourth-order valence-electron chi connectivity index (χ4n) is 0. The zero-order valence-corrected chi connectivity index (χ0v) is 3.25. The van der Waals surface area contributed by atoms with Crippen LogP contribution in [0.4, 0.5) is 0 Å². The van der Waals surface area contributed by atoms with Crippen LogP contribution in [-0.2, 0) is 4.57 Å². The summed E-state index contributed by atoms with van der Waals surface area (Å²) in [5.74, 6) is 0. The number of nitrogens with zero attached hydrogens (tertiary/aromatic N) is 1. The molecule has 5 heavy (non-hydrogen) atoms. The number of hydrogen-bond donors (Lipinski definition) is 2. The highest BCUT2D eigenvalue weighted by Gasteiger charge is 1.61. The molecule has 4 nitrogen and oxygen atoms in total. The van der Waals surface area contributed by atoms with Crippen molar-refractivity contribution in [3.8, 4) is 0 Å². The van der Waals surface area contributed by atoms with Gasteiger partial charge in [-0.05, 0) is 0 Å². The molecule has 2 N–H and O–H groups in total. The third-order valence-electron chi connectivity index (χ3n) is 0. The Morgan fingerprint density at radius 2 is 1.40 bits per heavy atom. The molecular weight excluding hydrogens is 93.0 g/mol. The van der Waals surface area contributed by atoms with Gasteiger partial charge in [0.2, 0.25) is 0 Å². The monoisotopic (exact) mass is 96.0 g/mol. The Hall–Kier alpha value is 0.110. The molecule has 3 radical (unpaired) electrons. The van der Waals surface area contributed by atoms with E-state index in [9.17, 15) is 0 Å². The Bertz CT molecular complexity index is 29.9. The van der Waals surface area contributed by atoms with Crippen molar-refractivity contribution in [3.63, 3.8) is 0 Å². The van der Waals surface area contributed by atoms with E-state index in [0.717, 1.165) is 0 Å². The lowest BCUT2D eigenvalue weighted by molar-refractivity contribution is 0.405. The second kappa shape index (κ2) is 4.11. The first-order chi connectivity index (χ1) is 1.73. The van der Waals surface area contributed by atoms with E-state index in [0.29, 0.717) is 0 Å². The molecule has 0 saturated heterocycles. The molecule has 31 valence electrons. The number of rotatable bonds is 0. The van der Waals surface area contributed by atoms with Gasteiger partial charge in [0.25, 0.3) is 0 Å². The molecule has 0 unspecified atom stereocenters. The summed E-state index contributed by atoms with van der Waals surface area (Å²) in [6.07, 6.45) is 0. The molecule has 0 aromatic carbocycles. The fourth-order valence-corrected chi connectivity index (χ4v) is 0. The van der Waals surface area contributed by atoms with Crippen LogP contribution < -0.4 is 6.15 Å². The van der Waals surface area contributed by atoms with Gasteiger partial charge in [0, 0.05) is 6.15 Å². The van der Waals surface area contributed by atoms with E-state index >= 15 is 0 Å². The van der Waals surface area contributed by atoms with Gasteiger partial charge in [-0.1, -0.05) is 0 Å². The van der Waals surface area contributed by atoms with Crippen LogP contribution in [0.25, 0.3) is 0 Å². The molecule has 0 aliphatic carbocycles. The summed E-state index contributed by atoms with van der Waals surface area (Å²) in [6.45, 7) is 0. The standard InChI is InChI=1S/N.H3O3P/c;1-4(2)3/h;4H,(H2,1,2,3). The highest BCUT2D eigenvalue weighted by atomic mass is 31.1. The molecule has 0 aromatic heterocycles. The van der Waals surface area contributed by atoms with Gasteiger partial charge in [-0.25, -0.2) is 0 Å². The van der Waals surface area contributed by atoms with E-state index in [1.807, 2.05) is 0 Å². The second-order valence-corrected chi connectivity index (χ2v) is 0.848. The summed E-state index contributed by atoms with van der Waals surface area (Å²) in [4.78, 5) is 14.3. The largest absolute Gasteiger partial charge is 0.326 e. The summed E-state index contributed by atoms with van der Waals surface area (Å²) >= 11 is 0. The predicted molar refractivity (Wildman–Crippen MR) is 15.6 cm³/mol. The molecule has 0 saturated carbocycles. The van der Waals surface area contributed by atoms with Gasteiger partial charge >= 0.3 is 8.25 Å². The molecule has 5 heteroatoms. The van der Waals surface area contributed by atoms with Crippen LogP contribution in [0.5, 0.6) is 0 Å². The third kappa shape index (κ3) is 1510. The normalized spacial score (nSPS) is 7.00. The summed E-state index contributed by atoms with van der Waals surface area (Å²) < 4.78 is 8.74. The van der Waals surface area contributed by atoms with E-state index in [1.54, 1.807) is 0 Å². The molecule has 0 heterocycles. The molecule has 0 fully saturated rings. The van der Waals surface area contributed by atoms with Crippen molar-refractivity contribution in [2.24, 2.45) is 0 Å². The number of hydrogen-bond acceptors (Lipinski definition) is 1. The maximum atomic E-state index is 8.74. The molecule has 0 bridgehead atoms. The molecular formula is H3NO3P. The van der Waals surface area contributed by atoms with Crippen LogP contribution in [0.3, 0.4) is 0 Å². The topological polar surface area (TPSA) is 88.0 Å². The zero-order valence-electron chi connectivity index (χ0n) is 2.25. The third-order valence-corrected chi connectivity index (χ3v) is 0. The maximum Gasteiger partial charge on any atom is 0.314 e. The van der Waals surface area contributed by atoms with E-state index in [2.05, 4.69) is 0 Å². The summed E-state index contributed by atoms with van der Waals surface area (Å²) in [7, 11) is -3.13. The smallest absolute Gasteiger partial charge is 0.314 e. The molecule has 0 amide bonds. The minimum absolute atomic E-state index is 0. The van der Waals surface area contributed by atoms with Gasteiger partial charge in [-0.3, -0.25) is 4.57 Å². The van der Waals surface area contributed by atoms with Gasteiger partial charge in [0.15, 0.2) is 0 Å². The lowest BCUT2D eigenvalue weighted by atomic mass is 14.0. The highest BCUT2D eigenvalue weighted by molar-refractivity contribution is 7.30. The van der Waals surface area contributed by atoms with Crippen molar-refractivity contribution in [2.75, 3.05) is 0 Å². The maximum absolute atomic E-state index is 8.74. The molecule has 0 aromatic rings. The van der Waals surface area contributed by atoms with Crippen LogP contribution >= 0.6 is 8.25 Å². The molecule has 0 aliphatic rings.